The number of carbonyl (C=O) groups is 1. The summed E-state index contributed by atoms with van der Waals surface area (Å²) in [7, 11) is 0. The van der Waals surface area contributed by atoms with E-state index in [1.807, 2.05) is 0 Å². The standard InChI is InChI=1S/C14H11F3N2O2/c15-14(16,17)12(20)9-1-3-11(4-2-9)19-13(21)10-5-7-18-8-6-10/h1-8,12,20H,(H,19,21). The highest BCUT2D eigenvalue weighted by molar-refractivity contribution is 6.04. The minimum Gasteiger partial charge on any atom is -0.379 e. The SMILES string of the molecule is O=C(Nc1ccc(C(O)C(F)(F)F)cc1)c1ccncc1. The van der Waals surface area contributed by atoms with E-state index in [9.17, 15) is 18.0 Å². The van der Waals surface area contributed by atoms with E-state index in [1.54, 1.807) is 0 Å². The Morgan fingerprint density at radius 1 is 1.10 bits per heavy atom. The first-order chi connectivity index (χ1) is 9.88. The molecule has 7 heteroatoms. The largest absolute Gasteiger partial charge is 0.418 e. The van der Waals surface area contributed by atoms with Gasteiger partial charge in [-0.1, -0.05) is 12.1 Å². The van der Waals surface area contributed by atoms with Crippen LogP contribution in [0.15, 0.2) is 48.8 Å². The first-order valence-corrected chi connectivity index (χ1v) is 5.94. The van der Waals surface area contributed by atoms with Crippen LogP contribution >= 0.6 is 0 Å². The van der Waals surface area contributed by atoms with Gasteiger partial charge in [-0.2, -0.15) is 13.2 Å². The molecule has 1 unspecified atom stereocenters. The van der Waals surface area contributed by atoms with Gasteiger partial charge in [0.25, 0.3) is 5.91 Å². The molecule has 0 spiro atoms. The van der Waals surface area contributed by atoms with Crippen LogP contribution in [0.2, 0.25) is 0 Å². The molecule has 0 fully saturated rings. The van der Waals surface area contributed by atoms with Crippen LogP contribution in [0.25, 0.3) is 0 Å². The van der Waals surface area contributed by atoms with Crippen LogP contribution in [0.3, 0.4) is 0 Å². The van der Waals surface area contributed by atoms with Gasteiger partial charge in [-0.15, -0.1) is 0 Å². The van der Waals surface area contributed by atoms with Gasteiger partial charge in [0.2, 0.25) is 0 Å². The fourth-order valence-electron chi connectivity index (χ4n) is 1.64. The van der Waals surface area contributed by atoms with Crippen molar-refractivity contribution in [2.24, 2.45) is 0 Å². The molecule has 0 saturated heterocycles. The third-order valence-corrected chi connectivity index (χ3v) is 2.74. The Hall–Kier alpha value is -2.41. The minimum absolute atomic E-state index is 0.288. The number of pyridine rings is 1. The van der Waals surface area contributed by atoms with Crippen molar-refractivity contribution in [2.75, 3.05) is 5.32 Å². The van der Waals surface area contributed by atoms with Gasteiger partial charge in [0.1, 0.15) is 0 Å². The van der Waals surface area contributed by atoms with E-state index in [-0.39, 0.29) is 5.56 Å². The molecule has 1 atom stereocenters. The highest BCUT2D eigenvalue weighted by Gasteiger charge is 2.39. The molecule has 2 rings (SSSR count). The van der Waals surface area contributed by atoms with Crippen LogP contribution < -0.4 is 5.32 Å². The van der Waals surface area contributed by atoms with Crippen LogP contribution in [-0.2, 0) is 0 Å². The van der Waals surface area contributed by atoms with Gasteiger partial charge in [-0.25, -0.2) is 0 Å². The number of benzene rings is 1. The second kappa shape index (κ2) is 5.92. The number of halogens is 3. The Morgan fingerprint density at radius 2 is 1.67 bits per heavy atom. The van der Waals surface area contributed by atoms with E-state index in [2.05, 4.69) is 10.3 Å². The summed E-state index contributed by atoms with van der Waals surface area (Å²) in [6, 6.07) is 7.83. The zero-order valence-corrected chi connectivity index (χ0v) is 10.6. The third kappa shape index (κ3) is 3.79. The molecule has 2 N–H and O–H groups in total. The Bertz CT molecular complexity index is 612. The summed E-state index contributed by atoms with van der Waals surface area (Å²) in [6.45, 7) is 0. The van der Waals surface area contributed by atoms with Crippen molar-refractivity contribution < 1.29 is 23.1 Å². The molecule has 1 amide bonds. The Balaban J connectivity index is 2.08. The number of amides is 1. The van der Waals surface area contributed by atoms with Gasteiger partial charge in [0.15, 0.2) is 6.10 Å². The summed E-state index contributed by atoms with van der Waals surface area (Å²) in [4.78, 5) is 15.6. The van der Waals surface area contributed by atoms with E-state index in [0.29, 0.717) is 11.3 Å². The lowest BCUT2D eigenvalue weighted by Crippen LogP contribution is -2.20. The lowest BCUT2D eigenvalue weighted by Gasteiger charge is -2.15. The Morgan fingerprint density at radius 3 is 2.19 bits per heavy atom. The number of aromatic nitrogens is 1. The molecule has 110 valence electrons. The first kappa shape index (κ1) is 15.0. The molecule has 1 aromatic carbocycles. The van der Waals surface area contributed by atoms with Gasteiger partial charge >= 0.3 is 6.18 Å². The van der Waals surface area contributed by atoms with E-state index in [1.165, 1.54) is 36.7 Å². The summed E-state index contributed by atoms with van der Waals surface area (Å²) in [5, 5.41) is 11.6. The second-order valence-corrected chi connectivity index (χ2v) is 4.26. The molecule has 1 heterocycles. The molecule has 0 bridgehead atoms. The zero-order valence-electron chi connectivity index (χ0n) is 10.6. The van der Waals surface area contributed by atoms with Crippen molar-refractivity contribution in [1.29, 1.82) is 0 Å². The van der Waals surface area contributed by atoms with Gasteiger partial charge in [-0.3, -0.25) is 9.78 Å². The second-order valence-electron chi connectivity index (χ2n) is 4.26. The molecule has 4 nitrogen and oxygen atoms in total. The van der Waals surface area contributed by atoms with Gasteiger partial charge in [-0.05, 0) is 29.8 Å². The summed E-state index contributed by atoms with van der Waals surface area (Å²) < 4.78 is 37.0. The lowest BCUT2D eigenvalue weighted by atomic mass is 10.1. The van der Waals surface area contributed by atoms with E-state index < -0.39 is 18.2 Å². The number of rotatable bonds is 3. The molecule has 0 aliphatic rings. The maximum Gasteiger partial charge on any atom is 0.418 e. The number of hydrogen-bond acceptors (Lipinski definition) is 3. The Labute approximate surface area is 118 Å². The maximum atomic E-state index is 12.3. The first-order valence-electron chi connectivity index (χ1n) is 5.94. The van der Waals surface area contributed by atoms with Gasteiger partial charge in [0, 0.05) is 23.6 Å². The number of alkyl halides is 3. The fourth-order valence-corrected chi connectivity index (χ4v) is 1.64. The molecule has 0 radical (unpaired) electrons. The van der Waals surface area contributed by atoms with Crippen molar-refractivity contribution >= 4 is 11.6 Å². The molecule has 0 aliphatic heterocycles. The number of aliphatic hydroxyl groups excluding tert-OH is 1. The molecular formula is C14H11F3N2O2. The number of carbonyl (C=O) groups excluding carboxylic acids is 1. The summed E-state index contributed by atoms with van der Waals surface area (Å²) in [5.74, 6) is -0.401. The van der Waals surface area contributed by atoms with Crippen LogP contribution in [0.4, 0.5) is 18.9 Å². The monoisotopic (exact) mass is 296 g/mol. The van der Waals surface area contributed by atoms with Crippen LogP contribution in [0.1, 0.15) is 22.0 Å². The zero-order chi connectivity index (χ0) is 15.5. The molecule has 0 aliphatic carbocycles. The summed E-state index contributed by atoms with van der Waals surface area (Å²) >= 11 is 0. The minimum atomic E-state index is -4.72. The van der Waals surface area contributed by atoms with Gasteiger partial charge < -0.3 is 10.4 Å². The summed E-state index contributed by atoms with van der Waals surface area (Å²) in [5.41, 5.74) is 0.420. The third-order valence-electron chi connectivity index (χ3n) is 2.74. The van der Waals surface area contributed by atoms with Crippen LogP contribution in [0, 0.1) is 0 Å². The van der Waals surface area contributed by atoms with Crippen molar-refractivity contribution in [3.05, 3.63) is 59.9 Å². The smallest absolute Gasteiger partial charge is 0.379 e. The average Bonchev–Trinajstić information content (AvgIpc) is 2.47. The van der Waals surface area contributed by atoms with E-state index in [4.69, 9.17) is 5.11 Å². The quantitative estimate of drug-likeness (QED) is 0.915. The molecule has 1 aromatic heterocycles. The predicted octanol–water partition coefficient (Wildman–Crippen LogP) is 2.93. The highest BCUT2D eigenvalue weighted by Crippen LogP contribution is 2.32. The lowest BCUT2D eigenvalue weighted by molar-refractivity contribution is -0.206. The van der Waals surface area contributed by atoms with E-state index >= 15 is 0 Å². The van der Waals surface area contributed by atoms with E-state index in [0.717, 1.165) is 12.1 Å². The Kier molecular flexibility index (Phi) is 4.23. The molecular weight excluding hydrogens is 285 g/mol. The molecule has 21 heavy (non-hydrogen) atoms. The number of aliphatic hydroxyl groups is 1. The van der Waals surface area contributed by atoms with Gasteiger partial charge in [0.05, 0.1) is 0 Å². The van der Waals surface area contributed by atoms with Crippen LogP contribution in [-0.4, -0.2) is 22.2 Å². The maximum absolute atomic E-state index is 12.3. The molecule has 2 aromatic rings. The predicted molar refractivity (Wildman–Crippen MR) is 69.6 cm³/mol. The number of hydrogen-bond donors (Lipinski definition) is 2. The fraction of sp³-hybridized carbons (Fsp3) is 0.143. The summed E-state index contributed by atoms with van der Waals surface area (Å²) in [6.07, 6.45) is -4.35. The number of anilines is 1. The number of nitrogens with one attached hydrogen (secondary N) is 1. The average molecular weight is 296 g/mol. The van der Waals surface area contributed by atoms with Crippen molar-refractivity contribution in [1.82, 2.24) is 4.98 Å². The normalized spacial score (nSPS) is 12.8. The molecule has 0 saturated carbocycles. The number of nitrogens with zero attached hydrogens (tertiary/aromatic N) is 1. The van der Waals surface area contributed by atoms with Crippen molar-refractivity contribution in [3.63, 3.8) is 0 Å². The topological polar surface area (TPSA) is 62.2 Å². The van der Waals surface area contributed by atoms with Crippen molar-refractivity contribution in [3.8, 4) is 0 Å². The highest BCUT2D eigenvalue weighted by atomic mass is 19.4. The van der Waals surface area contributed by atoms with Crippen molar-refractivity contribution in [2.45, 2.75) is 12.3 Å². The van der Waals surface area contributed by atoms with Crippen LogP contribution in [0.5, 0.6) is 0 Å².